The molecular formula is C19H20N2P+. The summed E-state index contributed by atoms with van der Waals surface area (Å²) in [5.74, 6) is 0. The van der Waals surface area contributed by atoms with Crippen LogP contribution in [-0.4, -0.2) is 14.1 Å². The van der Waals surface area contributed by atoms with E-state index in [2.05, 4.69) is 109 Å². The van der Waals surface area contributed by atoms with E-state index in [1.54, 1.807) is 0 Å². The van der Waals surface area contributed by atoms with E-state index in [0.717, 1.165) is 0 Å². The zero-order chi connectivity index (χ0) is 15.4. The average Bonchev–Trinajstić information content (AvgIpc) is 2.57. The minimum absolute atomic E-state index is 0.580. The smallest absolute Gasteiger partial charge is 0.251 e. The molecule has 0 spiro atoms. The number of pyridine rings is 1. The van der Waals surface area contributed by atoms with Gasteiger partial charge in [0.25, 0.3) is 8.07 Å². The lowest BCUT2D eigenvalue weighted by molar-refractivity contribution is -0.507. The molecule has 0 amide bonds. The summed E-state index contributed by atoms with van der Waals surface area (Å²) < 4.78 is 2.33. The second-order valence-electron chi connectivity index (χ2n) is 5.31. The molecule has 0 saturated carbocycles. The lowest BCUT2D eigenvalue weighted by Crippen LogP contribution is -2.37. The van der Waals surface area contributed by atoms with Crippen LogP contribution in [-0.2, 0) is 0 Å². The van der Waals surface area contributed by atoms with Crippen molar-refractivity contribution < 1.29 is 4.34 Å². The predicted octanol–water partition coefficient (Wildman–Crippen LogP) is 2.94. The molecule has 0 radical (unpaired) electrons. The summed E-state index contributed by atoms with van der Waals surface area (Å²) in [6.45, 7) is 0. The van der Waals surface area contributed by atoms with Crippen LogP contribution >= 0.6 is 8.07 Å². The van der Waals surface area contributed by atoms with Gasteiger partial charge in [0.05, 0.1) is 0 Å². The summed E-state index contributed by atoms with van der Waals surface area (Å²) in [7, 11) is 3.55. The normalized spacial score (nSPS) is 10.7. The molecule has 2 aromatic carbocycles. The van der Waals surface area contributed by atoms with Crippen LogP contribution in [0.2, 0.25) is 0 Å². The van der Waals surface area contributed by atoms with Gasteiger partial charge >= 0.3 is 0 Å². The van der Waals surface area contributed by atoms with Crippen LogP contribution in [0.25, 0.3) is 0 Å². The minimum atomic E-state index is -0.580. The molecule has 0 N–H and O–H groups in total. The molecule has 1 heterocycles. The van der Waals surface area contributed by atoms with E-state index in [1.165, 1.54) is 16.3 Å². The molecular weight excluding hydrogens is 287 g/mol. The Hall–Kier alpha value is -2.18. The Morgan fingerprint density at radius 1 is 0.682 bits per heavy atom. The summed E-state index contributed by atoms with van der Waals surface area (Å²) in [6.07, 6.45) is 4.36. The maximum absolute atomic E-state index is 2.33. The van der Waals surface area contributed by atoms with Gasteiger partial charge in [-0.25, -0.2) is 0 Å². The van der Waals surface area contributed by atoms with Crippen molar-refractivity contribution in [3.63, 3.8) is 0 Å². The third kappa shape index (κ3) is 3.18. The van der Waals surface area contributed by atoms with Gasteiger partial charge in [0.2, 0.25) is 0 Å². The fourth-order valence-electron chi connectivity index (χ4n) is 2.40. The van der Waals surface area contributed by atoms with E-state index in [0.29, 0.717) is 0 Å². The fourth-order valence-corrected chi connectivity index (χ4v) is 4.54. The number of nitrogens with zero attached hydrogens (tertiary/aromatic N) is 2. The highest BCUT2D eigenvalue weighted by atomic mass is 31.1. The van der Waals surface area contributed by atoms with Crippen molar-refractivity contribution in [1.29, 1.82) is 0 Å². The quantitative estimate of drug-likeness (QED) is 0.672. The molecule has 0 aliphatic heterocycles. The number of aromatic nitrogens is 1. The molecule has 0 aliphatic carbocycles. The fraction of sp³-hybridized carbons (Fsp3) is 0.105. The SMILES string of the molecule is CN(C)c1cc[n+](P(c2ccccc2)c2ccccc2)cc1. The van der Waals surface area contributed by atoms with Crippen LogP contribution in [0.1, 0.15) is 0 Å². The zero-order valence-corrected chi connectivity index (χ0v) is 13.8. The van der Waals surface area contributed by atoms with E-state index in [9.17, 15) is 0 Å². The maximum atomic E-state index is 2.33. The minimum Gasteiger partial charge on any atom is -0.377 e. The number of anilines is 1. The van der Waals surface area contributed by atoms with Gasteiger partial charge < -0.3 is 4.90 Å². The van der Waals surface area contributed by atoms with Gasteiger partial charge in [0.1, 0.15) is 0 Å². The first-order chi connectivity index (χ1) is 10.8. The largest absolute Gasteiger partial charge is 0.377 e. The van der Waals surface area contributed by atoms with Gasteiger partial charge in [-0.3, -0.25) is 0 Å². The van der Waals surface area contributed by atoms with Crippen LogP contribution in [0, 0.1) is 0 Å². The molecule has 0 bridgehead atoms. The molecule has 0 atom stereocenters. The molecule has 0 saturated heterocycles. The second-order valence-corrected chi connectivity index (χ2v) is 7.43. The van der Waals surface area contributed by atoms with Gasteiger partial charge in [-0.2, -0.15) is 4.34 Å². The summed E-state index contributed by atoms with van der Waals surface area (Å²) in [4.78, 5) is 2.12. The molecule has 1 aromatic heterocycles. The first-order valence-electron chi connectivity index (χ1n) is 7.35. The lowest BCUT2D eigenvalue weighted by Gasteiger charge is -2.14. The standard InChI is InChI=1S/C19H20N2P/c1-20(2)17-13-15-21(16-14-17)22(18-9-5-3-6-10-18)19-11-7-4-8-12-19/h3-16H,1-2H3/q+1. The topological polar surface area (TPSA) is 7.12 Å². The number of hydrogen-bond acceptors (Lipinski definition) is 1. The molecule has 0 aliphatic rings. The highest BCUT2D eigenvalue weighted by molar-refractivity contribution is 7.66. The highest BCUT2D eigenvalue weighted by Gasteiger charge is 2.24. The van der Waals surface area contributed by atoms with E-state index in [4.69, 9.17) is 0 Å². The molecule has 0 unspecified atom stereocenters. The van der Waals surface area contributed by atoms with Crippen molar-refractivity contribution >= 4 is 24.4 Å². The Bertz CT molecular complexity index is 670. The van der Waals surface area contributed by atoms with Crippen LogP contribution in [0.3, 0.4) is 0 Å². The Morgan fingerprint density at radius 2 is 1.14 bits per heavy atom. The third-order valence-electron chi connectivity index (χ3n) is 3.54. The lowest BCUT2D eigenvalue weighted by atomic mass is 10.4. The highest BCUT2D eigenvalue weighted by Crippen LogP contribution is 2.27. The predicted molar refractivity (Wildman–Crippen MR) is 95.4 cm³/mol. The second kappa shape index (κ2) is 6.72. The van der Waals surface area contributed by atoms with Crippen LogP contribution in [0.5, 0.6) is 0 Å². The summed E-state index contributed by atoms with van der Waals surface area (Å²) in [6, 6.07) is 25.8. The van der Waals surface area contributed by atoms with Crippen LogP contribution < -0.4 is 19.8 Å². The van der Waals surface area contributed by atoms with Crippen molar-refractivity contribution in [3.8, 4) is 0 Å². The molecule has 110 valence electrons. The van der Waals surface area contributed by atoms with Crippen LogP contribution in [0.15, 0.2) is 85.2 Å². The third-order valence-corrected chi connectivity index (χ3v) is 5.85. The maximum Gasteiger partial charge on any atom is 0.251 e. The van der Waals surface area contributed by atoms with E-state index >= 15 is 0 Å². The molecule has 3 rings (SSSR count). The summed E-state index contributed by atoms with van der Waals surface area (Å²) in [5.41, 5.74) is 1.22. The van der Waals surface area contributed by atoms with Crippen molar-refractivity contribution in [2.45, 2.75) is 0 Å². The van der Waals surface area contributed by atoms with E-state index in [-0.39, 0.29) is 0 Å². The van der Waals surface area contributed by atoms with Gasteiger partial charge in [-0.1, -0.05) is 36.4 Å². The molecule has 3 aromatic rings. The Balaban J connectivity index is 2.06. The summed E-state index contributed by atoms with van der Waals surface area (Å²) in [5, 5.41) is 2.71. The van der Waals surface area contributed by atoms with Crippen molar-refractivity contribution in [3.05, 3.63) is 85.2 Å². The zero-order valence-electron chi connectivity index (χ0n) is 12.9. The number of hydrogen-bond donors (Lipinski definition) is 0. The van der Waals surface area contributed by atoms with Gasteiger partial charge in [-0.05, 0) is 24.3 Å². The van der Waals surface area contributed by atoms with E-state index < -0.39 is 8.07 Å². The van der Waals surface area contributed by atoms with Gasteiger partial charge in [0.15, 0.2) is 12.4 Å². The summed E-state index contributed by atoms with van der Waals surface area (Å²) >= 11 is 0. The van der Waals surface area contributed by atoms with Crippen LogP contribution in [0.4, 0.5) is 5.69 Å². The van der Waals surface area contributed by atoms with Gasteiger partial charge in [0, 0.05) is 42.5 Å². The molecule has 2 nitrogen and oxygen atoms in total. The van der Waals surface area contributed by atoms with Crippen molar-refractivity contribution in [1.82, 2.24) is 0 Å². The molecule has 0 fully saturated rings. The average molecular weight is 307 g/mol. The first-order valence-corrected chi connectivity index (χ1v) is 8.64. The molecule has 22 heavy (non-hydrogen) atoms. The van der Waals surface area contributed by atoms with E-state index in [1.807, 2.05) is 0 Å². The number of benzene rings is 2. The Morgan fingerprint density at radius 3 is 1.55 bits per heavy atom. The monoisotopic (exact) mass is 307 g/mol. The first kappa shape index (κ1) is 14.7. The Kier molecular flexibility index (Phi) is 4.50. The van der Waals surface area contributed by atoms with Crippen molar-refractivity contribution in [2.24, 2.45) is 0 Å². The Labute approximate surface area is 133 Å². The molecule has 3 heteroatoms. The van der Waals surface area contributed by atoms with Gasteiger partial charge in [-0.15, -0.1) is 0 Å². The van der Waals surface area contributed by atoms with Crippen molar-refractivity contribution in [2.75, 3.05) is 19.0 Å². The number of rotatable bonds is 4.